The van der Waals surface area contributed by atoms with Crippen molar-refractivity contribution >= 4 is 34.3 Å². The highest BCUT2D eigenvalue weighted by Gasteiger charge is 2.24. The Labute approximate surface area is 148 Å². The molecule has 0 unspecified atom stereocenters. The molecule has 0 fully saturated rings. The fourth-order valence-corrected chi connectivity index (χ4v) is 3.45. The minimum Gasteiger partial charge on any atom is -0.497 e. The molecular weight excluding hydrogens is 344 g/mol. The number of ether oxygens (including phenoxy) is 2. The average molecular weight is 362 g/mol. The van der Waals surface area contributed by atoms with E-state index in [-0.39, 0.29) is 6.03 Å². The maximum Gasteiger partial charge on any atom is 0.413 e. The predicted molar refractivity (Wildman–Crippen MR) is 94.3 cm³/mol. The molecule has 132 valence electrons. The van der Waals surface area contributed by atoms with Gasteiger partial charge in [0.25, 0.3) is 0 Å². The molecule has 1 aliphatic rings. The summed E-state index contributed by atoms with van der Waals surface area (Å²) < 4.78 is 9.66. The van der Waals surface area contributed by atoms with Crippen molar-refractivity contribution in [2.45, 2.75) is 13.0 Å². The summed E-state index contributed by atoms with van der Waals surface area (Å²) in [6.07, 6.45) is 0.0882. The SMILES string of the molecule is COC(=O)Nc1nc2c(s1)CN(C(=O)Nc1ccc(OC)cc1)CC2. The van der Waals surface area contributed by atoms with Crippen LogP contribution >= 0.6 is 11.3 Å². The molecule has 2 N–H and O–H groups in total. The van der Waals surface area contributed by atoms with E-state index in [1.54, 1.807) is 36.3 Å². The summed E-state index contributed by atoms with van der Waals surface area (Å²) in [6.45, 7) is 1.02. The number of aromatic nitrogens is 1. The fraction of sp³-hybridized carbons (Fsp3) is 0.312. The van der Waals surface area contributed by atoms with Crippen molar-refractivity contribution in [3.05, 3.63) is 34.8 Å². The van der Waals surface area contributed by atoms with E-state index < -0.39 is 6.09 Å². The molecule has 0 atom stereocenters. The van der Waals surface area contributed by atoms with Gasteiger partial charge in [0.1, 0.15) is 5.75 Å². The van der Waals surface area contributed by atoms with Crippen LogP contribution in [0, 0.1) is 0 Å². The van der Waals surface area contributed by atoms with Gasteiger partial charge in [-0.15, -0.1) is 0 Å². The van der Waals surface area contributed by atoms with Gasteiger partial charge in [-0.05, 0) is 24.3 Å². The van der Waals surface area contributed by atoms with Crippen LogP contribution in [-0.2, 0) is 17.7 Å². The lowest BCUT2D eigenvalue weighted by molar-refractivity contribution is 0.187. The van der Waals surface area contributed by atoms with Crippen molar-refractivity contribution in [2.75, 3.05) is 31.4 Å². The Balaban J connectivity index is 1.63. The topological polar surface area (TPSA) is 92.8 Å². The van der Waals surface area contributed by atoms with Gasteiger partial charge in [0, 0.05) is 23.5 Å². The third-order valence-electron chi connectivity index (χ3n) is 3.75. The maximum absolute atomic E-state index is 12.4. The Bertz CT molecular complexity index is 775. The third kappa shape index (κ3) is 4.00. The average Bonchev–Trinajstić information content (AvgIpc) is 3.03. The minimum atomic E-state index is -0.555. The number of hydrogen-bond donors (Lipinski definition) is 2. The van der Waals surface area contributed by atoms with Crippen molar-refractivity contribution in [2.24, 2.45) is 0 Å². The second-order valence-electron chi connectivity index (χ2n) is 5.34. The second kappa shape index (κ2) is 7.39. The Morgan fingerprint density at radius 1 is 1.20 bits per heavy atom. The van der Waals surface area contributed by atoms with E-state index in [0.717, 1.165) is 16.3 Å². The van der Waals surface area contributed by atoms with Crippen LogP contribution in [0.5, 0.6) is 5.75 Å². The monoisotopic (exact) mass is 362 g/mol. The van der Waals surface area contributed by atoms with Gasteiger partial charge in [0.05, 0.1) is 26.5 Å². The number of hydrogen-bond acceptors (Lipinski definition) is 6. The number of methoxy groups -OCH3 is 2. The minimum absolute atomic E-state index is 0.174. The summed E-state index contributed by atoms with van der Waals surface area (Å²) >= 11 is 1.35. The van der Waals surface area contributed by atoms with Gasteiger partial charge < -0.3 is 19.7 Å². The van der Waals surface area contributed by atoms with Crippen molar-refractivity contribution in [1.82, 2.24) is 9.88 Å². The largest absolute Gasteiger partial charge is 0.497 e. The number of thiazole rings is 1. The molecule has 0 aliphatic carbocycles. The van der Waals surface area contributed by atoms with E-state index in [4.69, 9.17) is 4.74 Å². The summed E-state index contributed by atoms with van der Waals surface area (Å²) in [5.41, 5.74) is 1.61. The van der Waals surface area contributed by atoms with Crippen molar-refractivity contribution in [3.8, 4) is 5.75 Å². The summed E-state index contributed by atoms with van der Waals surface area (Å²) in [5, 5.41) is 5.91. The number of nitrogens with zero attached hydrogens (tertiary/aromatic N) is 2. The van der Waals surface area contributed by atoms with Gasteiger partial charge in [-0.25, -0.2) is 14.6 Å². The molecule has 1 aromatic heterocycles. The number of carbonyl (C=O) groups excluding carboxylic acids is 2. The smallest absolute Gasteiger partial charge is 0.413 e. The first-order valence-corrected chi connectivity index (χ1v) is 8.44. The molecule has 1 aliphatic heterocycles. The van der Waals surface area contributed by atoms with Crippen LogP contribution in [0.25, 0.3) is 0 Å². The van der Waals surface area contributed by atoms with Crippen molar-refractivity contribution in [1.29, 1.82) is 0 Å². The predicted octanol–water partition coefficient (Wildman–Crippen LogP) is 2.92. The lowest BCUT2D eigenvalue weighted by Gasteiger charge is -2.26. The first-order valence-electron chi connectivity index (χ1n) is 7.62. The second-order valence-corrected chi connectivity index (χ2v) is 6.42. The molecule has 0 bridgehead atoms. The molecule has 1 aromatic carbocycles. The standard InChI is InChI=1S/C16H18N4O4S/c1-23-11-5-3-10(4-6-11)17-15(21)20-8-7-12-13(9-20)25-14(18-12)19-16(22)24-2/h3-6H,7-9H2,1-2H3,(H,17,21)(H,18,19,22). The number of amides is 3. The third-order valence-corrected chi connectivity index (χ3v) is 4.75. The zero-order valence-electron chi connectivity index (χ0n) is 13.9. The number of carbonyl (C=O) groups is 2. The lowest BCUT2D eigenvalue weighted by Crippen LogP contribution is -2.38. The highest BCUT2D eigenvalue weighted by atomic mass is 32.1. The van der Waals surface area contributed by atoms with Gasteiger partial charge in [0.15, 0.2) is 5.13 Å². The number of urea groups is 1. The van der Waals surface area contributed by atoms with Crippen LogP contribution in [0.4, 0.5) is 20.4 Å². The maximum atomic E-state index is 12.4. The number of fused-ring (bicyclic) bond motifs is 1. The number of rotatable bonds is 3. The Morgan fingerprint density at radius 2 is 1.96 bits per heavy atom. The summed E-state index contributed by atoms with van der Waals surface area (Å²) in [4.78, 5) is 30.8. The van der Waals surface area contributed by atoms with Crippen molar-refractivity contribution in [3.63, 3.8) is 0 Å². The molecule has 2 heterocycles. The molecule has 2 aromatic rings. The molecule has 0 radical (unpaired) electrons. The highest BCUT2D eigenvalue weighted by molar-refractivity contribution is 7.15. The molecule has 9 heteroatoms. The quantitative estimate of drug-likeness (QED) is 0.876. The summed E-state index contributed by atoms with van der Waals surface area (Å²) in [5.74, 6) is 0.732. The molecular formula is C16H18N4O4S. The van der Waals surface area contributed by atoms with Gasteiger partial charge in [-0.3, -0.25) is 5.32 Å². The Morgan fingerprint density at radius 3 is 2.64 bits per heavy atom. The van der Waals surface area contributed by atoms with Gasteiger partial charge >= 0.3 is 12.1 Å². The van der Waals surface area contributed by atoms with Crippen LogP contribution in [0.2, 0.25) is 0 Å². The van der Waals surface area contributed by atoms with Crippen molar-refractivity contribution < 1.29 is 19.1 Å². The van der Waals surface area contributed by atoms with Gasteiger partial charge in [0.2, 0.25) is 0 Å². The van der Waals surface area contributed by atoms with E-state index in [9.17, 15) is 9.59 Å². The zero-order chi connectivity index (χ0) is 17.8. The van der Waals surface area contributed by atoms with E-state index in [1.807, 2.05) is 0 Å². The number of nitrogens with one attached hydrogen (secondary N) is 2. The van der Waals surface area contributed by atoms with Crippen LogP contribution in [-0.4, -0.2) is 42.8 Å². The van der Waals surface area contributed by atoms with Gasteiger partial charge in [-0.2, -0.15) is 0 Å². The molecule has 0 spiro atoms. The summed E-state index contributed by atoms with van der Waals surface area (Å²) in [7, 11) is 2.89. The normalized spacial score (nSPS) is 13.0. The molecule has 25 heavy (non-hydrogen) atoms. The number of anilines is 2. The molecule has 0 saturated carbocycles. The van der Waals surface area contributed by atoms with Crippen LogP contribution in [0.15, 0.2) is 24.3 Å². The first kappa shape index (κ1) is 17.0. The molecule has 0 saturated heterocycles. The molecule has 3 rings (SSSR count). The Kier molecular flexibility index (Phi) is 5.03. The summed E-state index contributed by atoms with van der Waals surface area (Å²) in [6, 6.07) is 6.98. The molecule has 8 nitrogen and oxygen atoms in total. The van der Waals surface area contributed by atoms with Crippen LogP contribution in [0.1, 0.15) is 10.6 Å². The van der Waals surface area contributed by atoms with Crippen LogP contribution in [0.3, 0.4) is 0 Å². The van der Waals surface area contributed by atoms with E-state index in [0.29, 0.717) is 30.3 Å². The van der Waals surface area contributed by atoms with Gasteiger partial charge in [-0.1, -0.05) is 11.3 Å². The van der Waals surface area contributed by atoms with Crippen LogP contribution < -0.4 is 15.4 Å². The van der Waals surface area contributed by atoms with E-state index >= 15 is 0 Å². The highest BCUT2D eigenvalue weighted by Crippen LogP contribution is 2.28. The molecule has 3 amide bonds. The number of benzene rings is 1. The van der Waals surface area contributed by atoms with E-state index in [1.165, 1.54) is 18.4 Å². The first-order chi connectivity index (χ1) is 12.1. The Hall–Kier alpha value is -2.81. The van der Waals surface area contributed by atoms with E-state index in [2.05, 4.69) is 20.4 Å². The fourth-order valence-electron chi connectivity index (χ4n) is 2.44. The zero-order valence-corrected chi connectivity index (χ0v) is 14.7. The lowest BCUT2D eigenvalue weighted by atomic mass is 10.2.